The lowest BCUT2D eigenvalue weighted by molar-refractivity contribution is 0.184. The molecule has 0 aromatic carbocycles. The van der Waals surface area contributed by atoms with Crippen LogP contribution in [0.25, 0.3) is 0 Å². The van der Waals surface area contributed by atoms with Crippen molar-refractivity contribution in [1.82, 2.24) is 5.32 Å². The lowest BCUT2D eigenvalue weighted by Gasteiger charge is -2.34. The fourth-order valence-corrected chi connectivity index (χ4v) is 1.86. The van der Waals surface area contributed by atoms with Gasteiger partial charge in [-0.05, 0) is 44.2 Å². The normalized spacial score (nSPS) is 30.0. The van der Waals surface area contributed by atoms with Crippen molar-refractivity contribution in [3.8, 4) is 0 Å². The van der Waals surface area contributed by atoms with Crippen LogP contribution >= 0.6 is 0 Å². The molecule has 66 valence electrons. The second kappa shape index (κ2) is 4.76. The number of rotatable bonds is 5. The molecule has 11 heavy (non-hydrogen) atoms. The molecule has 0 aromatic heterocycles. The largest absolute Gasteiger partial charge is 0.316 e. The van der Waals surface area contributed by atoms with Crippen molar-refractivity contribution in [2.24, 2.45) is 11.8 Å². The van der Waals surface area contributed by atoms with E-state index in [0.29, 0.717) is 0 Å². The van der Waals surface area contributed by atoms with E-state index in [4.69, 9.17) is 0 Å². The summed E-state index contributed by atoms with van der Waals surface area (Å²) in [5.74, 6) is 2.06. The van der Waals surface area contributed by atoms with Gasteiger partial charge in [-0.2, -0.15) is 0 Å². The third kappa shape index (κ3) is 2.82. The average Bonchev–Trinajstić information content (AvgIpc) is 1.94. The van der Waals surface area contributed by atoms with Crippen molar-refractivity contribution >= 4 is 0 Å². The fourth-order valence-electron chi connectivity index (χ4n) is 1.86. The zero-order chi connectivity index (χ0) is 8.10. The van der Waals surface area contributed by atoms with Gasteiger partial charge >= 0.3 is 0 Å². The van der Waals surface area contributed by atoms with Gasteiger partial charge in [0.1, 0.15) is 0 Å². The van der Waals surface area contributed by atoms with E-state index in [1.807, 2.05) is 0 Å². The molecule has 1 saturated carbocycles. The van der Waals surface area contributed by atoms with Crippen molar-refractivity contribution in [2.45, 2.75) is 39.5 Å². The summed E-state index contributed by atoms with van der Waals surface area (Å²) in [4.78, 5) is 0. The van der Waals surface area contributed by atoms with E-state index in [-0.39, 0.29) is 0 Å². The highest BCUT2D eigenvalue weighted by molar-refractivity contribution is 4.79. The second-order valence-corrected chi connectivity index (χ2v) is 3.82. The molecule has 1 aliphatic rings. The van der Waals surface area contributed by atoms with Crippen LogP contribution in [0.4, 0.5) is 0 Å². The van der Waals surface area contributed by atoms with E-state index in [1.54, 1.807) is 0 Å². The van der Waals surface area contributed by atoms with Gasteiger partial charge in [0.15, 0.2) is 0 Å². The topological polar surface area (TPSA) is 12.0 Å². The average molecular weight is 155 g/mol. The molecule has 0 saturated heterocycles. The van der Waals surface area contributed by atoms with Gasteiger partial charge in [-0.3, -0.25) is 0 Å². The lowest BCUT2D eigenvalue weighted by atomic mass is 9.73. The van der Waals surface area contributed by atoms with Crippen molar-refractivity contribution in [2.75, 3.05) is 13.1 Å². The van der Waals surface area contributed by atoms with E-state index in [2.05, 4.69) is 19.2 Å². The maximum absolute atomic E-state index is 3.48. The first-order valence-electron chi connectivity index (χ1n) is 5.07. The SMILES string of the molecule is CCCNCC1CC(CC)C1. The molecule has 1 rings (SSSR count). The van der Waals surface area contributed by atoms with Crippen molar-refractivity contribution in [3.05, 3.63) is 0 Å². The highest BCUT2D eigenvalue weighted by Gasteiger charge is 2.26. The third-order valence-corrected chi connectivity index (χ3v) is 2.77. The third-order valence-electron chi connectivity index (χ3n) is 2.77. The number of nitrogens with one attached hydrogen (secondary N) is 1. The molecule has 1 aliphatic carbocycles. The summed E-state index contributed by atoms with van der Waals surface area (Å²) < 4.78 is 0. The first-order chi connectivity index (χ1) is 5.36. The van der Waals surface area contributed by atoms with E-state index >= 15 is 0 Å². The highest BCUT2D eigenvalue weighted by atomic mass is 14.9. The van der Waals surface area contributed by atoms with Gasteiger partial charge in [-0.25, -0.2) is 0 Å². The molecule has 0 radical (unpaired) electrons. The molecule has 0 aliphatic heterocycles. The molecular weight excluding hydrogens is 134 g/mol. The Hall–Kier alpha value is -0.0400. The molecule has 1 N–H and O–H groups in total. The van der Waals surface area contributed by atoms with Crippen LogP contribution in [0, 0.1) is 11.8 Å². The van der Waals surface area contributed by atoms with E-state index in [9.17, 15) is 0 Å². The molecule has 0 unspecified atom stereocenters. The zero-order valence-corrected chi connectivity index (χ0v) is 7.90. The van der Waals surface area contributed by atoms with Crippen LogP contribution in [0.1, 0.15) is 39.5 Å². The Morgan fingerprint density at radius 1 is 1.18 bits per heavy atom. The molecule has 0 atom stereocenters. The Kier molecular flexibility index (Phi) is 3.92. The van der Waals surface area contributed by atoms with Gasteiger partial charge in [0.05, 0.1) is 0 Å². The van der Waals surface area contributed by atoms with Crippen molar-refractivity contribution in [3.63, 3.8) is 0 Å². The maximum atomic E-state index is 3.48. The summed E-state index contributed by atoms with van der Waals surface area (Å²) >= 11 is 0. The standard InChI is InChI=1S/C10H21N/c1-3-5-11-8-10-6-9(4-2)7-10/h9-11H,3-8H2,1-2H3. The predicted octanol–water partition coefficient (Wildman–Crippen LogP) is 2.42. The Balaban J connectivity index is 1.88. The second-order valence-electron chi connectivity index (χ2n) is 3.82. The molecule has 0 amide bonds. The lowest BCUT2D eigenvalue weighted by Crippen LogP contribution is -2.33. The van der Waals surface area contributed by atoms with Crippen molar-refractivity contribution in [1.29, 1.82) is 0 Å². The molecular formula is C10H21N. The number of hydrogen-bond acceptors (Lipinski definition) is 1. The summed E-state index contributed by atoms with van der Waals surface area (Å²) in [5.41, 5.74) is 0. The van der Waals surface area contributed by atoms with Crippen LogP contribution in [0.3, 0.4) is 0 Å². The zero-order valence-electron chi connectivity index (χ0n) is 7.90. The molecule has 0 spiro atoms. The summed E-state index contributed by atoms with van der Waals surface area (Å²) in [7, 11) is 0. The maximum Gasteiger partial charge on any atom is -0.00203 e. The van der Waals surface area contributed by atoms with Crippen LogP contribution in [0.15, 0.2) is 0 Å². The van der Waals surface area contributed by atoms with E-state index in [0.717, 1.165) is 11.8 Å². The highest BCUT2D eigenvalue weighted by Crippen LogP contribution is 2.35. The molecule has 0 aromatic rings. The first-order valence-corrected chi connectivity index (χ1v) is 5.07. The van der Waals surface area contributed by atoms with Gasteiger partial charge in [0.2, 0.25) is 0 Å². The van der Waals surface area contributed by atoms with Crippen LogP contribution in [0.5, 0.6) is 0 Å². The predicted molar refractivity (Wildman–Crippen MR) is 49.7 cm³/mol. The quantitative estimate of drug-likeness (QED) is 0.601. The van der Waals surface area contributed by atoms with Gasteiger partial charge in [0.25, 0.3) is 0 Å². The van der Waals surface area contributed by atoms with Crippen LogP contribution < -0.4 is 5.32 Å². The Morgan fingerprint density at radius 2 is 1.91 bits per heavy atom. The number of hydrogen-bond donors (Lipinski definition) is 1. The first kappa shape index (κ1) is 9.05. The summed E-state index contributed by atoms with van der Waals surface area (Å²) in [5, 5.41) is 3.48. The minimum Gasteiger partial charge on any atom is -0.316 e. The Bertz CT molecular complexity index is 95.0. The Labute approximate surface area is 70.6 Å². The Morgan fingerprint density at radius 3 is 2.45 bits per heavy atom. The molecule has 1 fully saturated rings. The molecule has 1 nitrogen and oxygen atoms in total. The summed E-state index contributed by atoms with van der Waals surface area (Å²) in [6, 6.07) is 0. The molecule has 1 heteroatoms. The summed E-state index contributed by atoms with van der Waals surface area (Å²) in [6.45, 7) is 7.00. The van der Waals surface area contributed by atoms with Crippen molar-refractivity contribution < 1.29 is 0 Å². The fraction of sp³-hybridized carbons (Fsp3) is 1.00. The van der Waals surface area contributed by atoms with Gasteiger partial charge in [-0.1, -0.05) is 20.3 Å². The van der Waals surface area contributed by atoms with Gasteiger partial charge in [-0.15, -0.1) is 0 Å². The van der Waals surface area contributed by atoms with Crippen LogP contribution in [0.2, 0.25) is 0 Å². The van der Waals surface area contributed by atoms with Gasteiger partial charge < -0.3 is 5.32 Å². The van der Waals surface area contributed by atoms with E-state index in [1.165, 1.54) is 38.8 Å². The smallest absolute Gasteiger partial charge is 0.00203 e. The summed E-state index contributed by atoms with van der Waals surface area (Å²) in [6.07, 6.45) is 5.62. The molecule has 0 bridgehead atoms. The minimum absolute atomic E-state index is 1.01. The van der Waals surface area contributed by atoms with E-state index < -0.39 is 0 Å². The minimum atomic E-state index is 1.01. The monoisotopic (exact) mass is 155 g/mol. The molecule has 0 heterocycles. The van der Waals surface area contributed by atoms with Crippen LogP contribution in [-0.4, -0.2) is 13.1 Å². The van der Waals surface area contributed by atoms with Crippen LogP contribution in [-0.2, 0) is 0 Å². The van der Waals surface area contributed by atoms with Gasteiger partial charge in [0, 0.05) is 0 Å².